The number of para-hydroxylation sites is 1. The normalized spacial score (nSPS) is 15.1. The number of ether oxygens (including phenoxy) is 1. The molecule has 4 rings (SSSR count). The molecule has 1 aliphatic heterocycles. The molecule has 0 radical (unpaired) electrons. The lowest BCUT2D eigenvalue weighted by Gasteiger charge is -2.27. The maximum absolute atomic E-state index is 11.7. The molecule has 7 nitrogen and oxygen atoms in total. The third kappa shape index (κ3) is 4.01. The topological polar surface area (TPSA) is 84.4 Å². The molecule has 0 amide bonds. The van der Waals surface area contributed by atoms with Gasteiger partial charge in [0.2, 0.25) is 10.0 Å². The highest BCUT2D eigenvalue weighted by Gasteiger charge is 2.14. The van der Waals surface area contributed by atoms with Crippen LogP contribution < -0.4 is 9.62 Å². The van der Waals surface area contributed by atoms with Gasteiger partial charge in [0.1, 0.15) is 5.82 Å². The van der Waals surface area contributed by atoms with Crippen LogP contribution in [0.1, 0.15) is 0 Å². The second kappa shape index (κ2) is 7.13. The Hall–Kier alpha value is -2.71. The Kier molecular flexibility index (Phi) is 4.67. The van der Waals surface area contributed by atoms with Crippen LogP contribution in [0.5, 0.6) is 0 Å². The number of nitrogens with one attached hydrogen (secondary N) is 1. The summed E-state index contributed by atoms with van der Waals surface area (Å²) >= 11 is 0. The van der Waals surface area contributed by atoms with Gasteiger partial charge >= 0.3 is 0 Å². The molecule has 0 spiro atoms. The highest BCUT2D eigenvalue weighted by atomic mass is 32.2. The zero-order valence-electron chi connectivity index (χ0n) is 14.9. The summed E-state index contributed by atoms with van der Waals surface area (Å²) in [4.78, 5) is 11.4. The van der Waals surface area contributed by atoms with Crippen molar-refractivity contribution >= 4 is 32.6 Å². The Labute approximate surface area is 158 Å². The van der Waals surface area contributed by atoms with E-state index in [1.165, 1.54) is 0 Å². The van der Waals surface area contributed by atoms with Gasteiger partial charge in [-0.05, 0) is 23.8 Å². The molecular formula is C19H20N4O3S. The highest BCUT2D eigenvalue weighted by molar-refractivity contribution is 7.92. The molecule has 1 saturated heterocycles. The summed E-state index contributed by atoms with van der Waals surface area (Å²) in [6.45, 7) is 2.95. The highest BCUT2D eigenvalue weighted by Crippen LogP contribution is 2.30. The second-order valence-electron chi connectivity index (χ2n) is 6.45. The van der Waals surface area contributed by atoms with Gasteiger partial charge in [0.05, 0.1) is 42.4 Å². The molecule has 1 N–H and O–H groups in total. The molecule has 140 valence electrons. The Morgan fingerprint density at radius 2 is 1.85 bits per heavy atom. The maximum atomic E-state index is 11.7. The first kappa shape index (κ1) is 17.7. The van der Waals surface area contributed by atoms with E-state index in [2.05, 4.69) is 14.6 Å². The molecule has 1 aromatic heterocycles. The minimum Gasteiger partial charge on any atom is -0.378 e. The van der Waals surface area contributed by atoms with Gasteiger partial charge in [0.25, 0.3) is 0 Å². The van der Waals surface area contributed by atoms with Crippen LogP contribution in [0, 0.1) is 0 Å². The molecule has 0 atom stereocenters. The third-order valence-corrected chi connectivity index (χ3v) is 4.99. The van der Waals surface area contributed by atoms with Crippen molar-refractivity contribution in [2.45, 2.75) is 0 Å². The molecule has 8 heteroatoms. The predicted molar refractivity (Wildman–Crippen MR) is 106 cm³/mol. The van der Waals surface area contributed by atoms with E-state index in [1.807, 2.05) is 30.3 Å². The summed E-state index contributed by atoms with van der Waals surface area (Å²) < 4.78 is 31.3. The Morgan fingerprint density at radius 1 is 1.07 bits per heavy atom. The summed E-state index contributed by atoms with van der Waals surface area (Å²) in [5.74, 6) is 0.825. The van der Waals surface area contributed by atoms with E-state index in [4.69, 9.17) is 9.72 Å². The lowest BCUT2D eigenvalue weighted by atomic mass is 10.0. The number of fused-ring (bicyclic) bond motifs is 1. The summed E-state index contributed by atoms with van der Waals surface area (Å²) in [6, 6.07) is 13.1. The Bertz CT molecular complexity index is 1080. The zero-order chi connectivity index (χ0) is 18.9. The van der Waals surface area contributed by atoms with Crippen molar-refractivity contribution in [3.8, 4) is 11.1 Å². The molecular weight excluding hydrogens is 364 g/mol. The number of aromatic nitrogens is 2. The molecule has 0 bridgehead atoms. The number of sulfonamides is 1. The predicted octanol–water partition coefficient (Wildman–Crippen LogP) is 2.50. The fourth-order valence-electron chi connectivity index (χ4n) is 3.14. The van der Waals surface area contributed by atoms with E-state index >= 15 is 0 Å². The zero-order valence-corrected chi connectivity index (χ0v) is 15.7. The van der Waals surface area contributed by atoms with E-state index in [9.17, 15) is 8.42 Å². The van der Waals surface area contributed by atoms with Crippen LogP contribution in [-0.4, -0.2) is 50.9 Å². The number of hydrogen-bond donors (Lipinski definition) is 1. The number of hydrogen-bond acceptors (Lipinski definition) is 6. The lowest BCUT2D eigenvalue weighted by Crippen LogP contribution is -2.36. The van der Waals surface area contributed by atoms with Crippen LogP contribution in [0.4, 0.5) is 11.5 Å². The monoisotopic (exact) mass is 384 g/mol. The van der Waals surface area contributed by atoms with Crippen LogP contribution in [0.15, 0.2) is 48.7 Å². The molecule has 1 aliphatic rings. The first-order valence-corrected chi connectivity index (χ1v) is 10.6. The number of anilines is 2. The van der Waals surface area contributed by atoms with Crippen LogP contribution >= 0.6 is 0 Å². The lowest BCUT2D eigenvalue weighted by molar-refractivity contribution is 0.122. The van der Waals surface area contributed by atoms with E-state index in [1.54, 1.807) is 18.3 Å². The summed E-state index contributed by atoms with van der Waals surface area (Å²) in [5, 5.41) is 0. The van der Waals surface area contributed by atoms with Crippen molar-refractivity contribution < 1.29 is 13.2 Å². The van der Waals surface area contributed by atoms with E-state index in [0.717, 1.165) is 47.3 Å². The summed E-state index contributed by atoms with van der Waals surface area (Å²) in [6.07, 6.45) is 2.93. The Morgan fingerprint density at radius 3 is 2.63 bits per heavy atom. The van der Waals surface area contributed by atoms with Gasteiger partial charge in [-0.1, -0.05) is 24.3 Å². The number of morpholine rings is 1. The minimum absolute atomic E-state index is 0.539. The average Bonchev–Trinajstić information content (AvgIpc) is 2.67. The smallest absolute Gasteiger partial charge is 0.229 e. The quantitative estimate of drug-likeness (QED) is 0.744. The first-order chi connectivity index (χ1) is 13.0. The van der Waals surface area contributed by atoms with Crippen molar-refractivity contribution in [1.82, 2.24) is 9.97 Å². The van der Waals surface area contributed by atoms with Crippen molar-refractivity contribution in [3.63, 3.8) is 0 Å². The molecule has 0 saturated carbocycles. The fraction of sp³-hybridized carbons (Fsp3) is 0.263. The molecule has 2 aromatic carbocycles. The van der Waals surface area contributed by atoms with Gasteiger partial charge in [0, 0.05) is 18.7 Å². The van der Waals surface area contributed by atoms with Gasteiger partial charge in [-0.25, -0.2) is 13.4 Å². The number of nitrogens with zero attached hydrogens (tertiary/aromatic N) is 3. The van der Waals surface area contributed by atoms with Crippen LogP contribution in [0.2, 0.25) is 0 Å². The molecule has 3 aromatic rings. The molecule has 1 fully saturated rings. The Balaban J connectivity index is 1.75. The van der Waals surface area contributed by atoms with Gasteiger partial charge in [-0.2, -0.15) is 0 Å². The average molecular weight is 384 g/mol. The van der Waals surface area contributed by atoms with Gasteiger partial charge in [-0.3, -0.25) is 9.71 Å². The maximum Gasteiger partial charge on any atom is 0.229 e. The van der Waals surface area contributed by atoms with Crippen molar-refractivity contribution in [1.29, 1.82) is 0 Å². The van der Waals surface area contributed by atoms with Gasteiger partial charge < -0.3 is 9.64 Å². The fourth-order valence-corrected chi connectivity index (χ4v) is 3.72. The van der Waals surface area contributed by atoms with Crippen molar-refractivity contribution in [3.05, 3.63) is 48.7 Å². The molecule has 0 unspecified atom stereocenters. The van der Waals surface area contributed by atoms with Crippen LogP contribution in [0.3, 0.4) is 0 Å². The van der Waals surface area contributed by atoms with Gasteiger partial charge in [0.15, 0.2) is 0 Å². The number of benzene rings is 2. The van der Waals surface area contributed by atoms with Crippen molar-refractivity contribution in [2.24, 2.45) is 0 Å². The minimum atomic E-state index is -3.37. The van der Waals surface area contributed by atoms with Crippen LogP contribution in [-0.2, 0) is 14.8 Å². The third-order valence-electron chi connectivity index (χ3n) is 4.40. The standard InChI is InChI=1S/C19H20N4O3S/c1-27(24,25)22-16-5-3-2-4-15(16)14-6-7-17-18(12-14)21-19(13-20-17)23-8-10-26-11-9-23/h2-7,12-13,22H,8-11H2,1H3. The summed E-state index contributed by atoms with van der Waals surface area (Å²) in [7, 11) is -3.37. The largest absolute Gasteiger partial charge is 0.378 e. The molecule has 0 aliphatic carbocycles. The second-order valence-corrected chi connectivity index (χ2v) is 8.20. The SMILES string of the molecule is CS(=O)(=O)Nc1ccccc1-c1ccc2ncc(N3CCOCC3)nc2c1. The molecule has 2 heterocycles. The van der Waals surface area contributed by atoms with Crippen LogP contribution in [0.25, 0.3) is 22.2 Å². The number of rotatable bonds is 4. The summed E-state index contributed by atoms with van der Waals surface area (Å²) in [5.41, 5.74) is 3.78. The van der Waals surface area contributed by atoms with Crippen molar-refractivity contribution in [2.75, 3.05) is 42.2 Å². The van der Waals surface area contributed by atoms with Gasteiger partial charge in [-0.15, -0.1) is 0 Å². The van der Waals surface area contributed by atoms with E-state index in [0.29, 0.717) is 18.9 Å². The first-order valence-electron chi connectivity index (χ1n) is 8.66. The molecule has 27 heavy (non-hydrogen) atoms. The van der Waals surface area contributed by atoms with E-state index < -0.39 is 10.0 Å². The van der Waals surface area contributed by atoms with E-state index in [-0.39, 0.29) is 0 Å².